The SMILES string of the molecule is NC(=O)Oc1ccccc1C1CC1. The largest absolute Gasteiger partial charge is 0.410 e. The van der Waals surface area contributed by atoms with Gasteiger partial charge in [0.1, 0.15) is 5.75 Å². The van der Waals surface area contributed by atoms with E-state index in [2.05, 4.69) is 0 Å². The van der Waals surface area contributed by atoms with Gasteiger partial charge in [0.2, 0.25) is 0 Å². The lowest BCUT2D eigenvalue weighted by Gasteiger charge is -2.06. The number of para-hydroxylation sites is 1. The van der Waals surface area contributed by atoms with E-state index in [0.717, 1.165) is 5.56 Å². The van der Waals surface area contributed by atoms with Crippen LogP contribution in [0.4, 0.5) is 4.79 Å². The first kappa shape index (κ1) is 8.10. The molecule has 0 atom stereocenters. The zero-order valence-electron chi connectivity index (χ0n) is 7.19. The second-order valence-corrected chi connectivity index (χ2v) is 3.23. The second-order valence-electron chi connectivity index (χ2n) is 3.23. The van der Waals surface area contributed by atoms with Gasteiger partial charge in [-0.15, -0.1) is 0 Å². The molecule has 3 nitrogen and oxygen atoms in total. The summed E-state index contributed by atoms with van der Waals surface area (Å²) in [4.78, 5) is 10.6. The third-order valence-electron chi connectivity index (χ3n) is 2.15. The number of amides is 1. The number of benzene rings is 1. The summed E-state index contributed by atoms with van der Waals surface area (Å²) in [7, 11) is 0. The molecule has 0 aliphatic heterocycles. The highest BCUT2D eigenvalue weighted by Gasteiger charge is 2.26. The van der Waals surface area contributed by atoms with Gasteiger partial charge in [-0.05, 0) is 30.4 Å². The molecule has 2 N–H and O–H groups in total. The van der Waals surface area contributed by atoms with Crippen LogP contribution in [0.15, 0.2) is 24.3 Å². The molecule has 1 aromatic carbocycles. The van der Waals surface area contributed by atoms with E-state index >= 15 is 0 Å². The topological polar surface area (TPSA) is 52.3 Å². The molecule has 68 valence electrons. The van der Waals surface area contributed by atoms with Gasteiger partial charge in [-0.3, -0.25) is 0 Å². The molecular formula is C10H11NO2. The van der Waals surface area contributed by atoms with E-state index in [9.17, 15) is 4.79 Å². The molecule has 1 aliphatic carbocycles. The Morgan fingerprint density at radius 2 is 2.08 bits per heavy atom. The standard InChI is InChI=1S/C10H11NO2/c11-10(12)13-9-4-2-1-3-8(9)7-5-6-7/h1-4,7H,5-6H2,(H2,11,12). The van der Waals surface area contributed by atoms with Gasteiger partial charge in [0.05, 0.1) is 0 Å². The summed E-state index contributed by atoms with van der Waals surface area (Å²) < 4.78 is 4.89. The van der Waals surface area contributed by atoms with Crippen LogP contribution in [0, 0.1) is 0 Å². The lowest BCUT2D eigenvalue weighted by molar-refractivity contribution is 0.210. The van der Waals surface area contributed by atoms with E-state index in [-0.39, 0.29) is 0 Å². The van der Waals surface area contributed by atoms with Gasteiger partial charge in [0.15, 0.2) is 0 Å². The third kappa shape index (κ3) is 1.80. The molecule has 0 aromatic heterocycles. The molecule has 0 bridgehead atoms. The molecule has 1 aromatic rings. The smallest absolute Gasteiger partial charge is 0.409 e. The van der Waals surface area contributed by atoms with Crippen LogP contribution in [-0.4, -0.2) is 6.09 Å². The van der Waals surface area contributed by atoms with Gasteiger partial charge in [-0.1, -0.05) is 18.2 Å². The normalized spacial score (nSPS) is 15.4. The van der Waals surface area contributed by atoms with Crippen molar-refractivity contribution in [3.05, 3.63) is 29.8 Å². The summed E-state index contributed by atoms with van der Waals surface area (Å²) in [6, 6.07) is 7.54. The van der Waals surface area contributed by atoms with Crippen LogP contribution < -0.4 is 10.5 Å². The Morgan fingerprint density at radius 3 is 2.69 bits per heavy atom. The summed E-state index contributed by atoms with van der Waals surface area (Å²) in [5.41, 5.74) is 6.05. The molecule has 1 fully saturated rings. The molecular weight excluding hydrogens is 166 g/mol. The number of ether oxygens (including phenoxy) is 1. The molecule has 1 saturated carbocycles. The molecule has 1 amide bonds. The van der Waals surface area contributed by atoms with Crippen LogP contribution in [0.5, 0.6) is 5.75 Å². The number of rotatable bonds is 2. The fourth-order valence-corrected chi connectivity index (χ4v) is 1.41. The lowest BCUT2D eigenvalue weighted by Crippen LogP contribution is -2.16. The molecule has 13 heavy (non-hydrogen) atoms. The van der Waals surface area contributed by atoms with Crippen LogP contribution in [0.3, 0.4) is 0 Å². The van der Waals surface area contributed by atoms with Gasteiger partial charge in [0.25, 0.3) is 0 Å². The van der Waals surface area contributed by atoms with E-state index in [0.29, 0.717) is 11.7 Å². The highest BCUT2D eigenvalue weighted by molar-refractivity contribution is 5.68. The van der Waals surface area contributed by atoms with Crippen molar-refractivity contribution >= 4 is 6.09 Å². The molecule has 2 rings (SSSR count). The first-order valence-corrected chi connectivity index (χ1v) is 4.33. The van der Waals surface area contributed by atoms with Gasteiger partial charge < -0.3 is 10.5 Å². The summed E-state index contributed by atoms with van der Waals surface area (Å²) in [6.45, 7) is 0. The Balaban J connectivity index is 2.26. The Labute approximate surface area is 76.5 Å². The highest BCUT2D eigenvalue weighted by Crippen LogP contribution is 2.44. The lowest BCUT2D eigenvalue weighted by atomic mass is 10.1. The fourth-order valence-electron chi connectivity index (χ4n) is 1.41. The second kappa shape index (κ2) is 3.09. The first-order valence-electron chi connectivity index (χ1n) is 4.33. The van der Waals surface area contributed by atoms with Gasteiger partial charge in [0, 0.05) is 0 Å². The van der Waals surface area contributed by atoms with E-state index in [1.54, 1.807) is 6.07 Å². The van der Waals surface area contributed by atoms with Crippen molar-refractivity contribution in [1.82, 2.24) is 0 Å². The minimum atomic E-state index is -0.742. The van der Waals surface area contributed by atoms with E-state index in [1.165, 1.54) is 12.8 Å². The van der Waals surface area contributed by atoms with Crippen molar-refractivity contribution in [3.8, 4) is 5.75 Å². The minimum absolute atomic E-state index is 0.565. The zero-order chi connectivity index (χ0) is 9.26. The van der Waals surface area contributed by atoms with Crippen molar-refractivity contribution in [2.45, 2.75) is 18.8 Å². The van der Waals surface area contributed by atoms with Crippen LogP contribution in [0.25, 0.3) is 0 Å². The van der Waals surface area contributed by atoms with Crippen LogP contribution in [-0.2, 0) is 0 Å². The summed E-state index contributed by atoms with van der Waals surface area (Å²) in [6.07, 6.45) is 1.62. The van der Waals surface area contributed by atoms with Crippen LogP contribution >= 0.6 is 0 Å². The number of carbonyl (C=O) groups excluding carboxylic acids is 1. The van der Waals surface area contributed by atoms with Crippen LogP contribution in [0.1, 0.15) is 24.3 Å². The average molecular weight is 177 g/mol. The Bertz CT molecular complexity index is 331. The number of primary amides is 1. The van der Waals surface area contributed by atoms with Gasteiger partial charge >= 0.3 is 6.09 Å². The molecule has 0 spiro atoms. The summed E-state index contributed by atoms with van der Waals surface area (Å²) in [5, 5.41) is 0. The average Bonchev–Trinajstić information content (AvgIpc) is 2.87. The summed E-state index contributed by atoms with van der Waals surface area (Å²) >= 11 is 0. The molecule has 1 aliphatic rings. The molecule has 0 unspecified atom stereocenters. The number of hydrogen-bond acceptors (Lipinski definition) is 2. The first-order chi connectivity index (χ1) is 6.27. The monoisotopic (exact) mass is 177 g/mol. The predicted molar refractivity (Wildman–Crippen MR) is 48.6 cm³/mol. The fraction of sp³-hybridized carbons (Fsp3) is 0.300. The van der Waals surface area contributed by atoms with E-state index < -0.39 is 6.09 Å². The van der Waals surface area contributed by atoms with Gasteiger partial charge in [-0.25, -0.2) is 4.79 Å². The van der Waals surface area contributed by atoms with Crippen LogP contribution in [0.2, 0.25) is 0 Å². The third-order valence-corrected chi connectivity index (χ3v) is 2.15. The Kier molecular flexibility index (Phi) is 1.93. The molecule has 3 heteroatoms. The minimum Gasteiger partial charge on any atom is -0.410 e. The van der Waals surface area contributed by atoms with Crippen molar-refractivity contribution in [2.24, 2.45) is 5.73 Å². The number of carbonyl (C=O) groups is 1. The Hall–Kier alpha value is -1.51. The van der Waals surface area contributed by atoms with Crippen molar-refractivity contribution in [3.63, 3.8) is 0 Å². The molecule has 0 heterocycles. The predicted octanol–water partition coefficient (Wildman–Crippen LogP) is 2.02. The molecule has 0 radical (unpaired) electrons. The maximum Gasteiger partial charge on any atom is 0.409 e. The zero-order valence-corrected chi connectivity index (χ0v) is 7.19. The molecule has 0 saturated heterocycles. The maximum absolute atomic E-state index is 10.6. The van der Waals surface area contributed by atoms with Crippen molar-refractivity contribution < 1.29 is 9.53 Å². The van der Waals surface area contributed by atoms with Crippen molar-refractivity contribution in [1.29, 1.82) is 0 Å². The summed E-state index contributed by atoms with van der Waals surface area (Å²) in [5.74, 6) is 1.17. The van der Waals surface area contributed by atoms with Gasteiger partial charge in [-0.2, -0.15) is 0 Å². The number of hydrogen-bond donors (Lipinski definition) is 1. The Morgan fingerprint density at radius 1 is 1.38 bits per heavy atom. The van der Waals surface area contributed by atoms with E-state index in [4.69, 9.17) is 10.5 Å². The van der Waals surface area contributed by atoms with Crippen molar-refractivity contribution in [2.75, 3.05) is 0 Å². The van der Waals surface area contributed by atoms with E-state index in [1.807, 2.05) is 18.2 Å². The quantitative estimate of drug-likeness (QED) is 0.751. The highest BCUT2D eigenvalue weighted by atomic mass is 16.5. The number of nitrogens with two attached hydrogens (primary N) is 1. The maximum atomic E-state index is 10.6.